The predicted octanol–water partition coefficient (Wildman–Crippen LogP) is 5.46. The second-order valence-corrected chi connectivity index (χ2v) is 10.8. The van der Waals surface area contributed by atoms with Crippen molar-refractivity contribution in [2.24, 2.45) is 0 Å². The Morgan fingerprint density at radius 1 is 0.590 bits per heavy atom. The van der Waals surface area contributed by atoms with E-state index in [9.17, 15) is 15.0 Å². The quantitative estimate of drug-likeness (QED) is 0.0672. The lowest BCUT2D eigenvalue weighted by Gasteiger charge is -2.32. The van der Waals surface area contributed by atoms with Gasteiger partial charge in [-0.1, -0.05) is 84.0 Å². The van der Waals surface area contributed by atoms with Gasteiger partial charge in [0.1, 0.15) is 12.2 Å². The highest BCUT2D eigenvalue weighted by Crippen LogP contribution is 2.21. The molecule has 8 heteroatoms. The Morgan fingerprint density at radius 3 is 1.46 bits per heavy atom. The van der Waals surface area contributed by atoms with Gasteiger partial charge in [-0.2, -0.15) is 0 Å². The van der Waals surface area contributed by atoms with Crippen LogP contribution in [0.2, 0.25) is 0 Å². The van der Waals surface area contributed by atoms with Gasteiger partial charge in [-0.05, 0) is 44.9 Å². The van der Waals surface area contributed by atoms with Crippen molar-refractivity contribution in [3.05, 3.63) is 0 Å². The Hall–Kier alpha value is -0.770. The Morgan fingerprint density at radius 2 is 1.00 bits per heavy atom. The molecule has 0 aliphatic heterocycles. The molecule has 0 fully saturated rings. The second-order valence-electron chi connectivity index (χ2n) is 10.8. The lowest BCUT2D eigenvalue weighted by atomic mass is 9.95. The maximum Gasteiger partial charge on any atom is 0.305 e. The topological polar surface area (TPSA) is 126 Å². The zero-order chi connectivity index (χ0) is 29.0. The molecule has 0 amide bonds. The van der Waals surface area contributed by atoms with Crippen LogP contribution < -0.4 is 0 Å². The lowest BCUT2D eigenvalue weighted by Crippen LogP contribution is -2.46. The molecule has 0 aromatic rings. The maximum atomic E-state index is 11.3. The van der Waals surface area contributed by atoms with Crippen LogP contribution in [0.3, 0.4) is 0 Å². The van der Waals surface area contributed by atoms with Gasteiger partial charge < -0.3 is 34.6 Å². The second kappa shape index (κ2) is 28.7. The Balaban J connectivity index is 4.90. The zero-order valence-electron chi connectivity index (χ0n) is 25.2. The molecule has 0 spiro atoms. The summed E-state index contributed by atoms with van der Waals surface area (Å²) in [5.41, 5.74) is 0. The van der Waals surface area contributed by atoms with Gasteiger partial charge in [-0.15, -0.1) is 0 Å². The van der Waals surface area contributed by atoms with E-state index in [4.69, 9.17) is 19.7 Å². The van der Waals surface area contributed by atoms with Crippen molar-refractivity contribution in [2.45, 2.75) is 160 Å². The molecule has 39 heavy (non-hydrogen) atoms. The van der Waals surface area contributed by atoms with Gasteiger partial charge in [0.15, 0.2) is 0 Å². The van der Waals surface area contributed by atoms with Crippen molar-refractivity contribution in [1.82, 2.24) is 0 Å². The smallest absolute Gasteiger partial charge is 0.305 e. The summed E-state index contributed by atoms with van der Waals surface area (Å²) in [7, 11) is 1.41. The molecule has 0 aromatic heterocycles. The molecule has 0 rings (SSSR count). The third-order valence-corrected chi connectivity index (χ3v) is 7.32. The maximum absolute atomic E-state index is 11.3. The van der Waals surface area contributed by atoms with Crippen LogP contribution in [0, 0.1) is 0 Å². The number of unbranched alkanes of at least 4 members (excludes halogenated alkanes) is 13. The van der Waals surface area contributed by atoms with Crippen molar-refractivity contribution in [3.8, 4) is 0 Å². The van der Waals surface area contributed by atoms with E-state index in [1.165, 1.54) is 7.11 Å². The first-order valence-electron chi connectivity index (χ1n) is 15.9. The first-order valence-corrected chi connectivity index (χ1v) is 15.9. The number of aliphatic hydroxyl groups excluding tert-OH is 4. The number of carbonyl (C=O) groups excluding carboxylic acids is 1. The molecule has 4 atom stereocenters. The van der Waals surface area contributed by atoms with Crippen LogP contribution in [0.5, 0.6) is 0 Å². The van der Waals surface area contributed by atoms with Crippen molar-refractivity contribution >= 4 is 5.97 Å². The monoisotopic (exact) mass is 562 g/mol. The van der Waals surface area contributed by atoms with E-state index in [2.05, 4.69) is 11.7 Å². The molecule has 4 N–H and O–H groups in total. The van der Waals surface area contributed by atoms with Crippen molar-refractivity contribution in [2.75, 3.05) is 33.5 Å². The van der Waals surface area contributed by atoms with Crippen molar-refractivity contribution < 1.29 is 39.4 Å². The summed E-state index contributed by atoms with van der Waals surface area (Å²) in [6, 6.07) is 0. The summed E-state index contributed by atoms with van der Waals surface area (Å²) in [6.07, 6.45) is 15.0. The van der Waals surface area contributed by atoms with Crippen LogP contribution in [-0.2, 0) is 19.0 Å². The van der Waals surface area contributed by atoms with Gasteiger partial charge in [0.2, 0.25) is 0 Å². The normalized spacial score (nSPS) is 14.7. The van der Waals surface area contributed by atoms with E-state index < -0.39 is 24.4 Å². The van der Waals surface area contributed by atoms with Gasteiger partial charge in [0, 0.05) is 32.8 Å². The van der Waals surface area contributed by atoms with Crippen LogP contribution in [0.4, 0.5) is 0 Å². The summed E-state index contributed by atoms with van der Waals surface area (Å²) >= 11 is 0. The highest BCUT2D eigenvalue weighted by atomic mass is 16.5. The summed E-state index contributed by atoms with van der Waals surface area (Å²) in [5, 5.41) is 40.4. The first kappa shape index (κ1) is 38.2. The van der Waals surface area contributed by atoms with Crippen LogP contribution in [0.15, 0.2) is 0 Å². The minimum absolute atomic E-state index is 0.170. The average molecular weight is 563 g/mol. The summed E-state index contributed by atoms with van der Waals surface area (Å²) in [5.74, 6) is -0.170. The minimum Gasteiger partial charge on any atom is -0.469 e. The number of hydrogen-bond donors (Lipinski definition) is 4. The molecule has 0 heterocycles. The number of hydrogen-bond acceptors (Lipinski definition) is 8. The number of carbonyl (C=O) groups is 1. The average Bonchev–Trinajstić information content (AvgIpc) is 2.95. The fourth-order valence-electron chi connectivity index (χ4n) is 4.77. The van der Waals surface area contributed by atoms with Crippen LogP contribution in [0.25, 0.3) is 0 Å². The summed E-state index contributed by atoms with van der Waals surface area (Å²) in [4.78, 5) is 11.3. The first-order chi connectivity index (χ1) is 19.0. The lowest BCUT2D eigenvalue weighted by molar-refractivity contribution is -0.141. The van der Waals surface area contributed by atoms with Gasteiger partial charge in [0.05, 0.1) is 19.3 Å². The number of rotatable bonds is 30. The van der Waals surface area contributed by atoms with Gasteiger partial charge in [-0.25, -0.2) is 0 Å². The van der Waals surface area contributed by atoms with E-state index >= 15 is 0 Å². The van der Waals surface area contributed by atoms with E-state index in [1.807, 2.05) is 0 Å². The Kier molecular flexibility index (Phi) is 28.2. The molecule has 0 saturated heterocycles. The number of ether oxygens (including phenoxy) is 3. The number of methoxy groups -OCH3 is 1. The highest BCUT2D eigenvalue weighted by molar-refractivity contribution is 5.68. The Bertz CT molecular complexity index is 519. The SMILES string of the molecule is CCCCCCC(OCCCCCCO)C(O)C(O)C(CCCCCCCC(=O)OC)OCCCCCCO. The summed E-state index contributed by atoms with van der Waals surface area (Å²) in [6.45, 7) is 3.64. The molecule has 8 nitrogen and oxygen atoms in total. The largest absolute Gasteiger partial charge is 0.469 e. The van der Waals surface area contributed by atoms with Gasteiger partial charge in [0.25, 0.3) is 0 Å². The molecular formula is C31H62O8. The predicted molar refractivity (Wildman–Crippen MR) is 156 cm³/mol. The van der Waals surface area contributed by atoms with E-state index in [0.717, 1.165) is 109 Å². The van der Waals surface area contributed by atoms with Crippen molar-refractivity contribution in [3.63, 3.8) is 0 Å². The van der Waals surface area contributed by atoms with Crippen LogP contribution in [0.1, 0.15) is 135 Å². The molecule has 234 valence electrons. The third kappa shape index (κ3) is 22.6. The molecule has 0 saturated carbocycles. The molecule has 0 aliphatic carbocycles. The zero-order valence-corrected chi connectivity index (χ0v) is 25.2. The minimum atomic E-state index is -1.02. The van der Waals surface area contributed by atoms with Crippen molar-refractivity contribution in [1.29, 1.82) is 0 Å². The molecular weight excluding hydrogens is 500 g/mol. The molecule has 0 aromatic carbocycles. The molecule has 0 bridgehead atoms. The molecule has 0 radical (unpaired) electrons. The van der Waals surface area contributed by atoms with Crippen LogP contribution in [-0.4, -0.2) is 84.3 Å². The molecule has 4 unspecified atom stereocenters. The Labute approximate surface area is 238 Å². The fraction of sp³-hybridized carbons (Fsp3) is 0.968. The third-order valence-electron chi connectivity index (χ3n) is 7.32. The fourth-order valence-corrected chi connectivity index (χ4v) is 4.77. The number of esters is 1. The van der Waals surface area contributed by atoms with E-state index in [1.54, 1.807) is 0 Å². The van der Waals surface area contributed by atoms with E-state index in [-0.39, 0.29) is 19.2 Å². The summed E-state index contributed by atoms with van der Waals surface area (Å²) < 4.78 is 16.9. The highest BCUT2D eigenvalue weighted by Gasteiger charge is 2.33. The van der Waals surface area contributed by atoms with Gasteiger partial charge in [-0.3, -0.25) is 4.79 Å². The standard InChI is InChI=1S/C31H62O8/c1-3-4-5-13-20-27(38-25-18-11-9-16-23-32)30(35)31(36)28(39-26-19-12-10-17-24-33)21-14-7-6-8-15-22-29(34)37-2/h27-28,30-33,35-36H,3-26H2,1-2H3. The van der Waals surface area contributed by atoms with E-state index in [0.29, 0.717) is 32.5 Å². The van der Waals surface area contributed by atoms with Gasteiger partial charge >= 0.3 is 5.97 Å². The van der Waals surface area contributed by atoms with Crippen LogP contribution >= 0.6 is 0 Å². The number of aliphatic hydroxyl groups is 4. The molecule has 0 aliphatic rings.